The van der Waals surface area contributed by atoms with Crippen molar-refractivity contribution in [1.82, 2.24) is 9.55 Å². The molecule has 0 saturated heterocycles. The Morgan fingerprint density at radius 3 is 2.71 bits per heavy atom. The van der Waals surface area contributed by atoms with Crippen molar-refractivity contribution in [2.24, 2.45) is 7.05 Å². The topological polar surface area (TPSA) is 43.8 Å². The predicted molar refractivity (Wildman–Crippen MR) is 59.2 cm³/mol. The van der Waals surface area contributed by atoms with Crippen molar-refractivity contribution in [1.29, 1.82) is 0 Å². The Bertz CT molecular complexity index is 469. The number of aryl methyl sites for hydroxylation is 1. The molecular weight excluding hydrogens is 174 g/mol. The summed E-state index contributed by atoms with van der Waals surface area (Å²) in [5.41, 5.74) is 10.1. The van der Waals surface area contributed by atoms with E-state index in [9.17, 15) is 0 Å². The van der Waals surface area contributed by atoms with Crippen LogP contribution in [-0.2, 0) is 7.05 Å². The van der Waals surface area contributed by atoms with Gasteiger partial charge in [0.2, 0.25) is 0 Å². The van der Waals surface area contributed by atoms with Crippen molar-refractivity contribution in [3.8, 4) is 0 Å². The Morgan fingerprint density at radius 2 is 2.07 bits per heavy atom. The lowest BCUT2D eigenvalue weighted by atomic mass is 9.99. The van der Waals surface area contributed by atoms with Crippen molar-refractivity contribution >= 4 is 16.7 Å². The average molecular weight is 189 g/mol. The molecule has 0 amide bonds. The number of rotatable bonds is 1. The van der Waals surface area contributed by atoms with Gasteiger partial charge in [-0.1, -0.05) is 13.8 Å². The Morgan fingerprint density at radius 1 is 1.36 bits per heavy atom. The third-order valence-electron chi connectivity index (χ3n) is 2.55. The summed E-state index contributed by atoms with van der Waals surface area (Å²) in [6.45, 7) is 4.28. The minimum atomic E-state index is 0.411. The summed E-state index contributed by atoms with van der Waals surface area (Å²) >= 11 is 0. The summed E-state index contributed by atoms with van der Waals surface area (Å²) in [5, 5.41) is 0. The van der Waals surface area contributed by atoms with Gasteiger partial charge in [0, 0.05) is 18.3 Å². The van der Waals surface area contributed by atoms with Gasteiger partial charge in [-0.2, -0.15) is 0 Å². The molecule has 14 heavy (non-hydrogen) atoms. The summed E-state index contributed by atoms with van der Waals surface area (Å²) < 4.78 is 2.01. The van der Waals surface area contributed by atoms with E-state index in [0.717, 1.165) is 22.3 Å². The van der Waals surface area contributed by atoms with Gasteiger partial charge in [-0.15, -0.1) is 0 Å². The molecule has 0 atom stereocenters. The van der Waals surface area contributed by atoms with Crippen molar-refractivity contribution in [3.05, 3.63) is 24.0 Å². The van der Waals surface area contributed by atoms with Crippen LogP contribution in [0.2, 0.25) is 0 Å². The normalized spacial score (nSPS) is 11.4. The Labute approximate surface area is 83.6 Å². The quantitative estimate of drug-likeness (QED) is 0.699. The molecule has 3 nitrogen and oxygen atoms in total. The van der Waals surface area contributed by atoms with E-state index in [4.69, 9.17) is 5.73 Å². The molecule has 2 aromatic rings. The second-order valence-electron chi connectivity index (χ2n) is 3.95. The molecule has 0 saturated carbocycles. The van der Waals surface area contributed by atoms with Crippen LogP contribution in [0.1, 0.15) is 25.3 Å². The standard InChI is InChI=1S/C11H15N3/c1-7(2)10-8(12)4-5-9-11(10)13-6-14(9)3/h4-7H,12H2,1-3H3. The number of fused-ring (bicyclic) bond motifs is 1. The van der Waals surface area contributed by atoms with Gasteiger partial charge in [-0.3, -0.25) is 0 Å². The lowest BCUT2D eigenvalue weighted by molar-refractivity contribution is 0.876. The maximum absolute atomic E-state index is 5.95. The van der Waals surface area contributed by atoms with Crippen LogP contribution in [0, 0.1) is 0 Å². The molecule has 3 heteroatoms. The minimum Gasteiger partial charge on any atom is -0.398 e. The van der Waals surface area contributed by atoms with Crippen molar-refractivity contribution < 1.29 is 0 Å². The number of imidazole rings is 1. The maximum Gasteiger partial charge on any atom is 0.0955 e. The summed E-state index contributed by atoms with van der Waals surface area (Å²) in [6, 6.07) is 3.98. The first-order valence-corrected chi connectivity index (χ1v) is 4.80. The fraction of sp³-hybridized carbons (Fsp3) is 0.364. The number of nitrogens with two attached hydrogens (primary N) is 1. The van der Waals surface area contributed by atoms with Crippen LogP contribution in [0.15, 0.2) is 18.5 Å². The van der Waals surface area contributed by atoms with Crippen LogP contribution < -0.4 is 5.73 Å². The summed E-state index contributed by atoms with van der Waals surface area (Å²) in [6.07, 6.45) is 1.83. The molecule has 0 unspecified atom stereocenters. The second-order valence-corrected chi connectivity index (χ2v) is 3.95. The van der Waals surface area contributed by atoms with Crippen LogP contribution in [0.5, 0.6) is 0 Å². The number of anilines is 1. The molecule has 1 aromatic heterocycles. The first-order chi connectivity index (χ1) is 6.61. The van der Waals surface area contributed by atoms with Crippen molar-refractivity contribution in [2.75, 3.05) is 5.73 Å². The smallest absolute Gasteiger partial charge is 0.0955 e. The molecule has 0 aliphatic carbocycles. The molecule has 0 aliphatic heterocycles. The van der Waals surface area contributed by atoms with Gasteiger partial charge in [-0.05, 0) is 18.1 Å². The molecule has 74 valence electrons. The molecule has 0 bridgehead atoms. The number of nitrogens with zero attached hydrogens (tertiary/aromatic N) is 2. The predicted octanol–water partition coefficient (Wildman–Crippen LogP) is 2.28. The number of hydrogen-bond donors (Lipinski definition) is 1. The molecule has 2 rings (SSSR count). The third kappa shape index (κ3) is 1.16. The van der Waals surface area contributed by atoms with E-state index in [1.807, 2.05) is 30.1 Å². The zero-order valence-electron chi connectivity index (χ0n) is 8.78. The SMILES string of the molecule is CC(C)c1c(N)ccc2c1ncn2C. The van der Waals surface area contributed by atoms with Gasteiger partial charge in [0.15, 0.2) is 0 Å². The van der Waals surface area contributed by atoms with Crippen LogP contribution in [0.25, 0.3) is 11.0 Å². The molecule has 1 heterocycles. The number of nitrogen functional groups attached to an aromatic ring is 1. The Hall–Kier alpha value is -1.51. The molecule has 0 fully saturated rings. The van der Waals surface area contributed by atoms with Crippen LogP contribution in [0.4, 0.5) is 5.69 Å². The number of benzene rings is 1. The fourth-order valence-corrected chi connectivity index (χ4v) is 1.85. The Balaban J connectivity index is 2.83. The van der Waals surface area contributed by atoms with E-state index in [0.29, 0.717) is 5.92 Å². The minimum absolute atomic E-state index is 0.411. The summed E-state index contributed by atoms with van der Waals surface area (Å²) in [7, 11) is 2.00. The fourth-order valence-electron chi connectivity index (χ4n) is 1.85. The molecule has 1 aromatic carbocycles. The first kappa shape index (κ1) is 9.06. The van der Waals surface area contributed by atoms with Crippen LogP contribution >= 0.6 is 0 Å². The molecule has 0 radical (unpaired) electrons. The van der Waals surface area contributed by atoms with E-state index < -0.39 is 0 Å². The zero-order chi connectivity index (χ0) is 10.3. The van der Waals surface area contributed by atoms with Gasteiger partial charge in [-0.25, -0.2) is 4.98 Å². The van der Waals surface area contributed by atoms with E-state index >= 15 is 0 Å². The van der Waals surface area contributed by atoms with Gasteiger partial charge in [0.1, 0.15) is 0 Å². The van der Waals surface area contributed by atoms with Gasteiger partial charge in [0.25, 0.3) is 0 Å². The van der Waals surface area contributed by atoms with Crippen LogP contribution in [0.3, 0.4) is 0 Å². The highest BCUT2D eigenvalue weighted by atomic mass is 15.0. The highest BCUT2D eigenvalue weighted by Gasteiger charge is 2.11. The largest absolute Gasteiger partial charge is 0.398 e. The maximum atomic E-state index is 5.95. The average Bonchev–Trinajstić information content (AvgIpc) is 2.47. The summed E-state index contributed by atoms with van der Waals surface area (Å²) in [5.74, 6) is 0.411. The molecule has 0 spiro atoms. The zero-order valence-corrected chi connectivity index (χ0v) is 8.78. The van der Waals surface area contributed by atoms with Crippen molar-refractivity contribution in [3.63, 3.8) is 0 Å². The Kier molecular flexibility index (Phi) is 1.95. The lowest BCUT2D eigenvalue weighted by Crippen LogP contribution is -1.98. The van der Waals surface area contributed by atoms with Gasteiger partial charge in [0.05, 0.1) is 17.4 Å². The molecule has 2 N–H and O–H groups in total. The van der Waals surface area contributed by atoms with E-state index in [1.54, 1.807) is 0 Å². The monoisotopic (exact) mass is 189 g/mol. The lowest BCUT2D eigenvalue weighted by Gasteiger charge is -2.10. The highest BCUT2D eigenvalue weighted by Crippen LogP contribution is 2.29. The van der Waals surface area contributed by atoms with Crippen molar-refractivity contribution in [2.45, 2.75) is 19.8 Å². The molecule has 0 aliphatic rings. The molecular formula is C11H15N3. The van der Waals surface area contributed by atoms with E-state index in [2.05, 4.69) is 18.8 Å². The first-order valence-electron chi connectivity index (χ1n) is 4.80. The van der Waals surface area contributed by atoms with Gasteiger partial charge < -0.3 is 10.3 Å². The van der Waals surface area contributed by atoms with Gasteiger partial charge >= 0.3 is 0 Å². The second kappa shape index (κ2) is 3.01. The third-order valence-corrected chi connectivity index (χ3v) is 2.55. The van der Waals surface area contributed by atoms with Crippen LogP contribution in [-0.4, -0.2) is 9.55 Å². The highest BCUT2D eigenvalue weighted by molar-refractivity contribution is 5.84. The number of hydrogen-bond acceptors (Lipinski definition) is 2. The van der Waals surface area contributed by atoms with E-state index in [1.165, 1.54) is 0 Å². The van der Waals surface area contributed by atoms with E-state index in [-0.39, 0.29) is 0 Å². The summed E-state index contributed by atoms with van der Waals surface area (Å²) in [4.78, 5) is 4.38. The number of aromatic nitrogens is 2.